The highest BCUT2D eigenvalue weighted by Gasteiger charge is 2.29. The number of aliphatic hydroxyl groups excluding tert-OH is 1. The standard InChI is InChI=1S/C15H19FN2O3/c1-10(14(20)15(21)17-8-11-2-3-11)18(9-19)13-6-4-12(16)5-7-13/h4-7,9-11,14,20H,2-3,8H2,1H3,(H,17,21). The summed E-state index contributed by atoms with van der Waals surface area (Å²) in [5.41, 5.74) is 0.424. The molecule has 0 radical (unpaired) electrons. The van der Waals surface area contributed by atoms with Gasteiger partial charge in [-0.3, -0.25) is 9.59 Å². The number of hydrogen-bond donors (Lipinski definition) is 2. The summed E-state index contributed by atoms with van der Waals surface area (Å²) in [6.07, 6.45) is 1.39. The molecule has 0 heterocycles. The quantitative estimate of drug-likeness (QED) is 0.739. The maximum Gasteiger partial charge on any atom is 0.251 e. The van der Waals surface area contributed by atoms with E-state index in [4.69, 9.17) is 0 Å². The Morgan fingerprint density at radius 1 is 1.48 bits per heavy atom. The number of rotatable bonds is 7. The Morgan fingerprint density at radius 2 is 2.10 bits per heavy atom. The number of anilines is 1. The number of carbonyl (C=O) groups is 2. The minimum Gasteiger partial charge on any atom is -0.381 e. The van der Waals surface area contributed by atoms with E-state index in [1.54, 1.807) is 6.92 Å². The van der Waals surface area contributed by atoms with Crippen molar-refractivity contribution in [1.82, 2.24) is 5.32 Å². The number of aliphatic hydroxyl groups is 1. The SMILES string of the molecule is CC(C(O)C(=O)NCC1CC1)N(C=O)c1ccc(F)cc1. The zero-order valence-electron chi connectivity index (χ0n) is 11.8. The normalized spacial score (nSPS) is 16.9. The third kappa shape index (κ3) is 4.01. The molecule has 114 valence electrons. The predicted molar refractivity (Wildman–Crippen MR) is 76.1 cm³/mol. The summed E-state index contributed by atoms with van der Waals surface area (Å²) >= 11 is 0. The molecular weight excluding hydrogens is 275 g/mol. The third-order valence-corrected chi connectivity index (χ3v) is 3.66. The van der Waals surface area contributed by atoms with Gasteiger partial charge in [0, 0.05) is 12.2 Å². The van der Waals surface area contributed by atoms with E-state index >= 15 is 0 Å². The van der Waals surface area contributed by atoms with Gasteiger partial charge in [0.15, 0.2) is 6.10 Å². The van der Waals surface area contributed by atoms with Gasteiger partial charge in [-0.1, -0.05) is 0 Å². The van der Waals surface area contributed by atoms with Crippen LogP contribution in [0, 0.1) is 11.7 Å². The molecule has 2 N–H and O–H groups in total. The Bertz CT molecular complexity index is 502. The van der Waals surface area contributed by atoms with Crippen LogP contribution in [-0.4, -0.2) is 36.1 Å². The smallest absolute Gasteiger partial charge is 0.251 e. The molecule has 1 saturated carbocycles. The first-order valence-corrected chi connectivity index (χ1v) is 6.98. The van der Waals surface area contributed by atoms with Gasteiger partial charge < -0.3 is 15.3 Å². The van der Waals surface area contributed by atoms with E-state index in [1.165, 1.54) is 29.2 Å². The second-order valence-corrected chi connectivity index (χ2v) is 5.36. The van der Waals surface area contributed by atoms with Crippen molar-refractivity contribution in [1.29, 1.82) is 0 Å². The molecule has 1 aromatic carbocycles. The van der Waals surface area contributed by atoms with Crippen molar-refractivity contribution in [3.8, 4) is 0 Å². The predicted octanol–water partition coefficient (Wildman–Crippen LogP) is 1.06. The van der Waals surface area contributed by atoms with E-state index in [-0.39, 0.29) is 0 Å². The van der Waals surface area contributed by atoms with Gasteiger partial charge in [-0.05, 0) is 49.9 Å². The van der Waals surface area contributed by atoms with E-state index in [9.17, 15) is 19.1 Å². The minimum atomic E-state index is -1.33. The monoisotopic (exact) mass is 294 g/mol. The Balaban J connectivity index is 2.00. The molecule has 6 heteroatoms. The molecule has 5 nitrogen and oxygen atoms in total. The van der Waals surface area contributed by atoms with Gasteiger partial charge >= 0.3 is 0 Å². The van der Waals surface area contributed by atoms with E-state index in [0.29, 0.717) is 24.6 Å². The number of carbonyl (C=O) groups excluding carboxylic acids is 2. The van der Waals surface area contributed by atoms with Crippen LogP contribution >= 0.6 is 0 Å². The molecule has 21 heavy (non-hydrogen) atoms. The molecule has 2 unspecified atom stereocenters. The highest BCUT2D eigenvalue weighted by atomic mass is 19.1. The number of nitrogens with zero attached hydrogens (tertiary/aromatic N) is 1. The maximum absolute atomic E-state index is 12.9. The van der Waals surface area contributed by atoms with Crippen LogP contribution in [0.1, 0.15) is 19.8 Å². The first-order chi connectivity index (χ1) is 10.0. The average Bonchev–Trinajstić information content (AvgIpc) is 3.30. The fourth-order valence-corrected chi connectivity index (χ4v) is 2.05. The molecule has 0 bridgehead atoms. The van der Waals surface area contributed by atoms with Gasteiger partial charge in [0.05, 0.1) is 6.04 Å². The zero-order chi connectivity index (χ0) is 15.4. The molecule has 1 aliphatic rings. The van der Waals surface area contributed by atoms with Gasteiger partial charge in [-0.25, -0.2) is 4.39 Å². The van der Waals surface area contributed by atoms with Crippen LogP contribution in [-0.2, 0) is 9.59 Å². The van der Waals surface area contributed by atoms with Crippen molar-refractivity contribution in [3.05, 3.63) is 30.1 Å². The van der Waals surface area contributed by atoms with Crippen molar-refractivity contribution in [2.45, 2.75) is 31.9 Å². The first kappa shape index (κ1) is 15.4. The van der Waals surface area contributed by atoms with E-state index < -0.39 is 23.9 Å². The van der Waals surface area contributed by atoms with Crippen LogP contribution in [0.2, 0.25) is 0 Å². The van der Waals surface area contributed by atoms with E-state index in [0.717, 1.165) is 12.8 Å². The van der Waals surface area contributed by atoms with Crippen molar-refractivity contribution in [2.75, 3.05) is 11.4 Å². The second kappa shape index (κ2) is 6.67. The van der Waals surface area contributed by atoms with Crippen molar-refractivity contribution in [2.24, 2.45) is 5.92 Å². The summed E-state index contributed by atoms with van der Waals surface area (Å²) in [5, 5.41) is 12.7. The summed E-state index contributed by atoms with van der Waals surface area (Å²) in [6, 6.07) is 4.55. The summed E-state index contributed by atoms with van der Waals surface area (Å²) in [5.74, 6) is -0.404. The van der Waals surface area contributed by atoms with Gasteiger partial charge in [-0.15, -0.1) is 0 Å². The lowest BCUT2D eigenvalue weighted by Crippen LogP contribution is -2.49. The molecule has 0 spiro atoms. The number of halogens is 1. The number of amides is 2. The summed E-state index contributed by atoms with van der Waals surface area (Å²) in [4.78, 5) is 24.3. The number of hydrogen-bond acceptors (Lipinski definition) is 3. The average molecular weight is 294 g/mol. The van der Waals surface area contributed by atoms with E-state index in [1.807, 2.05) is 0 Å². The third-order valence-electron chi connectivity index (χ3n) is 3.66. The Kier molecular flexibility index (Phi) is 4.90. The second-order valence-electron chi connectivity index (χ2n) is 5.36. The lowest BCUT2D eigenvalue weighted by atomic mass is 10.1. The summed E-state index contributed by atoms with van der Waals surface area (Å²) in [7, 11) is 0. The molecule has 1 aromatic rings. The van der Waals surface area contributed by atoms with Gasteiger partial charge in [0.2, 0.25) is 6.41 Å². The molecule has 2 rings (SSSR count). The van der Waals surface area contributed by atoms with Crippen LogP contribution in [0.4, 0.5) is 10.1 Å². The topological polar surface area (TPSA) is 69.6 Å². The van der Waals surface area contributed by atoms with Crippen molar-refractivity contribution < 1.29 is 19.1 Å². The Labute approximate surface area is 122 Å². The molecule has 1 aliphatic carbocycles. The van der Waals surface area contributed by atoms with Crippen molar-refractivity contribution in [3.63, 3.8) is 0 Å². The van der Waals surface area contributed by atoms with Gasteiger partial charge in [0.1, 0.15) is 5.82 Å². The number of nitrogens with one attached hydrogen (secondary N) is 1. The first-order valence-electron chi connectivity index (χ1n) is 6.98. The lowest BCUT2D eigenvalue weighted by molar-refractivity contribution is -0.130. The van der Waals surface area contributed by atoms with Gasteiger partial charge in [-0.2, -0.15) is 0 Å². The van der Waals surface area contributed by atoms with E-state index in [2.05, 4.69) is 5.32 Å². The lowest BCUT2D eigenvalue weighted by Gasteiger charge is -2.28. The van der Waals surface area contributed by atoms with Crippen molar-refractivity contribution >= 4 is 18.0 Å². The molecule has 0 aromatic heterocycles. The van der Waals surface area contributed by atoms with Gasteiger partial charge in [0.25, 0.3) is 5.91 Å². The summed E-state index contributed by atoms with van der Waals surface area (Å²) < 4.78 is 12.9. The highest BCUT2D eigenvalue weighted by molar-refractivity contribution is 5.84. The maximum atomic E-state index is 12.9. The van der Waals surface area contributed by atoms with Crippen LogP contribution < -0.4 is 10.2 Å². The largest absolute Gasteiger partial charge is 0.381 e. The minimum absolute atomic E-state index is 0.417. The molecule has 0 aliphatic heterocycles. The molecule has 2 amide bonds. The summed E-state index contributed by atoms with van der Waals surface area (Å²) in [6.45, 7) is 2.12. The molecule has 2 atom stereocenters. The Morgan fingerprint density at radius 3 is 2.62 bits per heavy atom. The molecular formula is C15H19FN2O3. The fraction of sp³-hybridized carbons (Fsp3) is 0.467. The highest BCUT2D eigenvalue weighted by Crippen LogP contribution is 2.27. The fourth-order valence-electron chi connectivity index (χ4n) is 2.05. The zero-order valence-corrected chi connectivity index (χ0v) is 11.8. The van der Waals surface area contributed by atoms with Crippen LogP contribution in [0.3, 0.4) is 0 Å². The van der Waals surface area contributed by atoms with Crippen LogP contribution in [0.15, 0.2) is 24.3 Å². The van der Waals surface area contributed by atoms with Crippen LogP contribution in [0.25, 0.3) is 0 Å². The van der Waals surface area contributed by atoms with Crippen LogP contribution in [0.5, 0.6) is 0 Å². The molecule has 0 saturated heterocycles. The Hall–Kier alpha value is -1.95. The molecule has 1 fully saturated rings. The number of benzene rings is 1.